The van der Waals surface area contributed by atoms with Crippen LogP contribution in [-0.4, -0.2) is 4.92 Å². The molecule has 0 fully saturated rings. The Labute approximate surface area is 125 Å². The van der Waals surface area contributed by atoms with Gasteiger partial charge in [0.1, 0.15) is 11.3 Å². The van der Waals surface area contributed by atoms with Crippen molar-refractivity contribution in [2.24, 2.45) is 0 Å². The maximum atomic E-state index is 11.9. The lowest BCUT2D eigenvalue weighted by molar-refractivity contribution is -0.386. The lowest BCUT2D eigenvalue weighted by Gasteiger charge is -2.09. The van der Waals surface area contributed by atoms with Gasteiger partial charge in [-0.15, -0.1) is 0 Å². The van der Waals surface area contributed by atoms with Crippen molar-refractivity contribution in [3.8, 4) is 0 Å². The first kappa shape index (κ1) is 13.8. The van der Waals surface area contributed by atoms with Gasteiger partial charge in [-0.1, -0.05) is 42.5 Å². The number of anilines is 1. The molecule has 1 heterocycles. The van der Waals surface area contributed by atoms with Gasteiger partial charge in [-0.3, -0.25) is 10.1 Å². The van der Waals surface area contributed by atoms with Gasteiger partial charge in [0.15, 0.2) is 0 Å². The Hall–Kier alpha value is -3.15. The normalized spacial score (nSPS) is 10.5. The van der Waals surface area contributed by atoms with E-state index >= 15 is 0 Å². The summed E-state index contributed by atoms with van der Waals surface area (Å²) in [4.78, 5) is 22.3. The van der Waals surface area contributed by atoms with Crippen molar-refractivity contribution in [3.63, 3.8) is 0 Å². The van der Waals surface area contributed by atoms with Crippen LogP contribution in [0.1, 0.15) is 5.56 Å². The maximum Gasteiger partial charge on any atom is 0.417 e. The highest BCUT2D eigenvalue weighted by atomic mass is 16.6. The van der Waals surface area contributed by atoms with Crippen molar-refractivity contribution in [1.29, 1.82) is 0 Å². The molecule has 0 spiro atoms. The Morgan fingerprint density at radius 3 is 2.45 bits per heavy atom. The van der Waals surface area contributed by atoms with E-state index in [-0.39, 0.29) is 5.69 Å². The molecule has 3 aromatic rings. The highest BCUT2D eigenvalue weighted by molar-refractivity contribution is 5.94. The molecule has 0 atom stereocenters. The Morgan fingerprint density at radius 1 is 1.05 bits per heavy atom. The van der Waals surface area contributed by atoms with Gasteiger partial charge in [0.25, 0.3) is 0 Å². The predicted molar refractivity (Wildman–Crippen MR) is 82.9 cm³/mol. The van der Waals surface area contributed by atoms with Crippen LogP contribution in [0.15, 0.2) is 63.8 Å². The molecule has 0 aliphatic carbocycles. The van der Waals surface area contributed by atoms with Gasteiger partial charge < -0.3 is 9.73 Å². The van der Waals surface area contributed by atoms with Crippen LogP contribution in [-0.2, 0) is 6.54 Å². The molecule has 2 aromatic carbocycles. The number of nitro groups is 1. The van der Waals surface area contributed by atoms with Gasteiger partial charge >= 0.3 is 11.3 Å². The molecule has 0 amide bonds. The standard InChI is InChI=1S/C16H12N2O4/c19-16-15(18(20)21)14(12-8-4-5-9-13(12)22-16)17-10-11-6-2-1-3-7-11/h1-9,17H,10H2. The van der Waals surface area contributed by atoms with E-state index in [2.05, 4.69) is 5.32 Å². The maximum absolute atomic E-state index is 11.9. The summed E-state index contributed by atoms with van der Waals surface area (Å²) >= 11 is 0. The third-order valence-corrected chi connectivity index (χ3v) is 3.28. The van der Waals surface area contributed by atoms with Crippen molar-refractivity contribution >= 4 is 22.3 Å². The van der Waals surface area contributed by atoms with Gasteiger partial charge in [0.05, 0.1) is 4.92 Å². The molecule has 0 saturated heterocycles. The summed E-state index contributed by atoms with van der Waals surface area (Å²) in [6.07, 6.45) is 0. The molecule has 1 N–H and O–H groups in total. The van der Waals surface area contributed by atoms with Crippen molar-refractivity contribution in [1.82, 2.24) is 0 Å². The first-order valence-electron chi connectivity index (χ1n) is 6.65. The molecule has 0 unspecified atom stereocenters. The zero-order valence-electron chi connectivity index (χ0n) is 11.5. The molecule has 3 rings (SSSR count). The fraction of sp³-hybridized carbons (Fsp3) is 0.0625. The van der Waals surface area contributed by atoms with E-state index in [0.29, 0.717) is 17.5 Å². The first-order chi connectivity index (χ1) is 10.7. The molecule has 6 heteroatoms. The van der Waals surface area contributed by atoms with Crippen LogP contribution in [0.3, 0.4) is 0 Å². The van der Waals surface area contributed by atoms with Crippen molar-refractivity contribution in [2.75, 3.05) is 5.32 Å². The largest absolute Gasteiger partial charge is 0.418 e. The average molecular weight is 296 g/mol. The van der Waals surface area contributed by atoms with Crippen LogP contribution in [0.25, 0.3) is 11.0 Å². The molecule has 0 aliphatic rings. The fourth-order valence-electron chi connectivity index (χ4n) is 2.27. The molecular weight excluding hydrogens is 284 g/mol. The number of nitrogens with zero attached hydrogens (tertiary/aromatic N) is 1. The predicted octanol–water partition coefficient (Wildman–Crippen LogP) is 3.31. The lowest BCUT2D eigenvalue weighted by atomic mass is 10.1. The van der Waals surface area contributed by atoms with Crippen molar-refractivity contribution in [2.45, 2.75) is 6.54 Å². The van der Waals surface area contributed by atoms with E-state index in [1.54, 1.807) is 24.3 Å². The Kier molecular flexibility index (Phi) is 3.57. The van der Waals surface area contributed by atoms with Gasteiger partial charge in [-0.2, -0.15) is 0 Å². The van der Waals surface area contributed by atoms with Crippen LogP contribution in [0.4, 0.5) is 11.4 Å². The fourth-order valence-corrected chi connectivity index (χ4v) is 2.27. The molecule has 0 bridgehead atoms. The number of benzene rings is 2. The molecule has 6 nitrogen and oxygen atoms in total. The molecular formula is C16H12N2O4. The van der Waals surface area contributed by atoms with Crippen LogP contribution in [0.5, 0.6) is 0 Å². The van der Waals surface area contributed by atoms with E-state index in [0.717, 1.165) is 5.56 Å². The number of hydrogen-bond donors (Lipinski definition) is 1. The Morgan fingerprint density at radius 2 is 1.73 bits per heavy atom. The van der Waals surface area contributed by atoms with Gasteiger partial charge in [0.2, 0.25) is 0 Å². The van der Waals surface area contributed by atoms with E-state index in [1.165, 1.54) is 0 Å². The van der Waals surface area contributed by atoms with Gasteiger partial charge in [-0.05, 0) is 17.7 Å². The Bertz CT molecular complexity index is 888. The summed E-state index contributed by atoms with van der Waals surface area (Å²) in [5.41, 5.74) is -0.0858. The topological polar surface area (TPSA) is 85.4 Å². The van der Waals surface area contributed by atoms with Crippen LogP contribution < -0.4 is 10.9 Å². The second kappa shape index (κ2) is 5.69. The van der Waals surface area contributed by atoms with Gasteiger partial charge in [0, 0.05) is 11.9 Å². The summed E-state index contributed by atoms with van der Waals surface area (Å²) in [6, 6.07) is 16.2. The zero-order chi connectivity index (χ0) is 15.5. The summed E-state index contributed by atoms with van der Waals surface area (Å²) in [7, 11) is 0. The molecule has 0 saturated carbocycles. The van der Waals surface area contributed by atoms with E-state index in [4.69, 9.17) is 4.42 Å². The molecule has 0 aliphatic heterocycles. The zero-order valence-corrected chi connectivity index (χ0v) is 11.5. The quantitative estimate of drug-likeness (QED) is 0.453. The van der Waals surface area contributed by atoms with Crippen molar-refractivity contribution < 1.29 is 9.34 Å². The minimum atomic E-state index is -0.959. The smallest absolute Gasteiger partial charge is 0.417 e. The SMILES string of the molecule is O=c1oc2ccccc2c(NCc2ccccc2)c1[N+](=O)[O-]. The van der Waals surface area contributed by atoms with Crippen LogP contribution in [0, 0.1) is 10.1 Å². The van der Waals surface area contributed by atoms with Crippen LogP contribution >= 0.6 is 0 Å². The first-order valence-corrected chi connectivity index (χ1v) is 6.65. The number of rotatable bonds is 4. The summed E-state index contributed by atoms with van der Waals surface area (Å²) in [5, 5.41) is 14.7. The number of nitrogens with one attached hydrogen (secondary N) is 1. The van der Waals surface area contributed by atoms with E-state index in [9.17, 15) is 14.9 Å². The van der Waals surface area contributed by atoms with E-state index < -0.39 is 16.2 Å². The molecule has 22 heavy (non-hydrogen) atoms. The monoisotopic (exact) mass is 296 g/mol. The molecule has 0 radical (unpaired) electrons. The minimum absolute atomic E-state index is 0.181. The average Bonchev–Trinajstić information content (AvgIpc) is 2.52. The molecule has 1 aromatic heterocycles. The number of fused-ring (bicyclic) bond motifs is 1. The van der Waals surface area contributed by atoms with Crippen LogP contribution in [0.2, 0.25) is 0 Å². The summed E-state index contributed by atoms with van der Waals surface area (Å²) in [5.74, 6) is 0. The third-order valence-electron chi connectivity index (χ3n) is 3.28. The highest BCUT2D eigenvalue weighted by Gasteiger charge is 2.24. The third kappa shape index (κ3) is 2.54. The number of para-hydroxylation sites is 1. The lowest BCUT2D eigenvalue weighted by Crippen LogP contribution is -2.12. The second-order valence-corrected chi connectivity index (χ2v) is 4.71. The molecule has 110 valence electrons. The summed E-state index contributed by atoms with van der Waals surface area (Å²) < 4.78 is 5.01. The van der Waals surface area contributed by atoms with E-state index in [1.807, 2.05) is 30.3 Å². The highest BCUT2D eigenvalue weighted by Crippen LogP contribution is 2.30. The second-order valence-electron chi connectivity index (χ2n) is 4.71. The summed E-state index contributed by atoms with van der Waals surface area (Å²) in [6.45, 7) is 0.370. The number of hydrogen-bond acceptors (Lipinski definition) is 5. The van der Waals surface area contributed by atoms with Gasteiger partial charge in [-0.25, -0.2) is 4.79 Å². The van der Waals surface area contributed by atoms with Crippen molar-refractivity contribution in [3.05, 3.63) is 80.7 Å². The Balaban J connectivity index is 2.11. The minimum Gasteiger partial charge on any atom is -0.418 e.